The van der Waals surface area contributed by atoms with Crippen LogP contribution in [0.2, 0.25) is 18.1 Å². The molecule has 1 aromatic rings. The molecule has 0 fully saturated rings. The summed E-state index contributed by atoms with van der Waals surface area (Å²) in [6, 6.07) is 1.36. The molecule has 1 aliphatic heterocycles. The van der Waals surface area contributed by atoms with Crippen molar-refractivity contribution in [2.45, 2.75) is 51.2 Å². The summed E-state index contributed by atoms with van der Waals surface area (Å²) in [4.78, 5) is 23.6. The van der Waals surface area contributed by atoms with Gasteiger partial charge in [-0.3, -0.25) is 13.9 Å². The molecule has 0 aromatic carbocycles. The van der Waals surface area contributed by atoms with Gasteiger partial charge in [0.25, 0.3) is 5.56 Å². The Morgan fingerprint density at radius 1 is 1.26 bits per heavy atom. The van der Waals surface area contributed by atoms with E-state index in [9.17, 15) is 9.59 Å². The summed E-state index contributed by atoms with van der Waals surface area (Å²) in [5, 5.41) is 0.142. The number of ether oxygens (including phenoxy) is 1. The molecule has 6 nitrogen and oxygen atoms in total. The summed E-state index contributed by atoms with van der Waals surface area (Å²) in [7, 11) is -0.373. The van der Waals surface area contributed by atoms with Crippen molar-refractivity contribution < 1.29 is 9.16 Å². The normalized spacial score (nSPS) is 21.8. The molecule has 2 rings (SSSR count). The Bertz CT molecular complexity index is 712. The van der Waals surface area contributed by atoms with Gasteiger partial charge in [0.15, 0.2) is 14.5 Å². The maximum Gasteiger partial charge on any atom is 0.333 e. The van der Waals surface area contributed by atoms with Crippen molar-refractivity contribution in [3.8, 4) is 0 Å². The molecular formula is C16H26N2O4Si. The second kappa shape index (κ2) is 6.22. The molecule has 0 radical (unpaired) electrons. The van der Waals surface area contributed by atoms with Crippen LogP contribution in [0.4, 0.5) is 0 Å². The SMILES string of the molecule is Cn1c(=O)ccn([C@H]2C=C[C@@H](CO[Si](C)(C)C(C)(C)C)O2)c1=O. The minimum atomic E-state index is -1.83. The molecule has 0 aliphatic carbocycles. The van der Waals surface area contributed by atoms with Gasteiger partial charge in [0.05, 0.1) is 6.61 Å². The number of aromatic nitrogens is 2. The van der Waals surface area contributed by atoms with Crippen molar-refractivity contribution in [3.05, 3.63) is 45.3 Å². The van der Waals surface area contributed by atoms with E-state index in [1.165, 1.54) is 23.9 Å². The van der Waals surface area contributed by atoms with Gasteiger partial charge in [-0.2, -0.15) is 0 Å². The van der Waals surface area contributed by atoms with E-state index in [0.29, 0.717) is 6.61 Å². The van der Waals surface area contributed by atoms with Gasteiger partial charge in [-0.15, -0.1) is 0 Å². The number of hydrogen-bond donors (Lipinski definition) is 0. The highest BCUT2D eigenvalue weighted by Crippen LogP contribution is 2.37. The molecular weight excluding hydrogens is 312 g/mol. The van der Waals surface area contributed by atoms with E-state index in [-0.39, 0.29) is 16.7 Å². The Morgan fingerprint density at radius 2 is 1.91 bits per heavy atom. The van der Waals surface area contributed by atoms with E-state index in [1.54, 1.807) is 0 Å². The molecule has 0 saturated carbocycles. The van der Waals surface area contributed by atoms with Crippen molar-refractivity contribution in [3.63, 3.8) is 0 Å². The van der Waals surface area contributed by atoms with Gasteiger partial charge in [0.2, 0.25) is 0 Å². The Hall–Kier alpha value is -1.44. The molecule has 0 N–H and O–H groups in total. The summed E-state index contributed by atoms with van der Waals surface area (Å²) in [6.07, 6.45) is 4.53. The summed E-state index contributed by atoms with van der Waals surface area (Å²) in [5.74, 6) is 0. The standard InChI is InChI=1S/C16H26N2O4Si/c1-16(2,3)23(5,6)21-11-12-7-8-14(22-12)18-10-9-13(19)17(4)15(18)20/h7-10,12,14H,11H2,1-6H3/t12-,14+/m0/s1. The minimum absolute atomic E-state index is 0.142. The van der Waals surface area contributed by atoms with E-state index in [4.69, 9.17) is 9.16 Å². The fourth-order valence-corrected chi connectivity index (χ4v) is 3.04. The molecule has 0 unspecified atom stereocenters. The minimum Gasteiger partial charge on any atom is -0.414 e. The molecule has 1 aromatic heterocycles. The van der Waals surface area contributed by atoms with Crippen molar-refractivity contribution in [2.75, 3.05) is 6.61 Å². The summed E-state index contributed by atoms with van der Waals surface area (Å²) >= 11 is 0. The third-order valence-corrected chi connectivity index (χ3v) is 9.21. The molecule has 0 spiro atoms. The van der Waals surface area contributed by atoms with Crippen molar-refractivity contribution in [1.29, 1.82) is 0 Å². The fourth-order valence-electron chi connectivity index (χ4n) is 2.03. The van der Waals surface area contributed by atoms with E-state index in [1.807, 2.05) is 12.2 Å². The van der Waals surface area contributed by atoms with Crippen molar-refractivity contribution in [1.82, 2.24) is 9.13 Å². The van der Waals surface area contributed by atoms with Crippen LogP contribution < -0.4 is 11.2 Å². The van der Waals surface area contributed by atoms with Crippen molar-refractivity contribution in [2.24, 2.45) is 7.05 Å². The molecule has 7 heteroatoms. The van der Waals surface area contributed by atoms with Gasteiger partial charge in [0, 0.05) is 19.3 Å². The predicted molar refractivity (Wildman–Crippen MR) is 92.1 cm³/mol. The van der Waals surface area contributed by atoms with Crippen LogP contribution in [-0.4, -0.2) is 30.2 Å². The van der Waals surface area contributed by atoms with Crippen LogP contribution in [0.25, 0.3) is 0 Å². The zero-order valence-electron chi connectivity index (χ0n) is 14.7. The van der Waals surface area contributed by atoms with Crippen LogP contribution in [0.15, 0.2) is 34.0 Å². The number of hydrogen-bond acceptors (Lipinski definition) is 4. The second-order valence-electron chi connectivity index (χ2n) is 7.42. The molecule has 2 atom stereocenters. The van der Waals surface area contributed by atoms with Gasteiger partial charge in [0.1, 0.15) is 6.10 Å². The highest BCUT2D eigenvalue weighted by atomic mass is 28.4. The Kier molecular flexibility index (Phi) is 4.84. The van der Waals surface area contributed by atoms with Crippen LogP contribution in [0.3, 0.4) is 0 Å². The van der Waals surface area contributed by atoms with E-state index < -0.39 is 20.2 Å². The van der Waals surface area contributed by atoms with Gasteiger partial charge in [-0.05, 0) is 24.2 Å². The van der Waals surface area contributed by atoms with Crippen LogP contribution in [0.1, 0.15) is 27.0 Å². The number of rotatable bonds is 4. The second-order valence-corrected chi connectivity index (χ2v) is 12.2. The average Bonchev–Trinajstić information content (AvgIpc) is 2.90. The molecule has 0 bridgehead atoms. The third-order valence-electron chi connectivity index (χ3n) is 4.71. The lowest BCUT2D eigenvalue weighted by Gasteiger charge is -2.36. The number of nitrogens with zero attached hydrogens (tertiary/aromatic N) is 2. The Balaban J connectivity index is 2.04. The highest BCUT2D eigenvalue weighted by Gasteiger charge is 2.38. The van der Waals surface area contributed by atoms with Gasteiger partial charge in [-0.25, -0.2) is 4.79 Å². The topological polar surface area (TPSA) is 62.5 Å². The van der Waals surface area contributed by atoms with E-state index >= 15 is 0 Å². The summed E-state index contributed by atoms with van der Waals surface area (Å²) in [6.45, 7) is 11.4. The zero-order valence-corrected chi connectivity index (χ0v) is 15.7. The van der Waals surface area contributed by atoms with Crippen LogP contribution >= 0.6 is 0 Å². The first-order valence-electron chi connectivity index (χ1n) is 7.79. The molecule has 1 aliphatic rings. The highest BCUT2D eigenvalue weighted by molar-refractivity contribution is 6.74. The maximum atomic E-state index is 12.1. The summed E-state index contributed by atoms with van der Waals surface area (Å²) < 4.78 is 14.5. The first-order chi connectivity index (χ1) is 10.5. The first kappa shape index (κ1) is 17.9. The monoisotopic (exact) mass is 338 g/mol. The third kappa shape index (κ3) is 3.73. The zero-order chi connectivity index (χ0) is 17.4. The maximum absolute atomic E-state index is 12.1. The lowest BCUT2D eigenvalue weighted by molar-refractivity contribution is -0.00832. The Morgan fingerprint density at radius 3 is 2.52 bits per heavy atom. The van der Waals surface area contributed by atoms with E-state index in [0.717, 1.165) is 4.57 Å². The van der Waals surface area contributed by atoms with E-state index in [2.05, 4.69) is 33.9 Å². The smallest absolute Gasteiger partial charge is 0.333 e. The molecule has 0 saturated heterocycles. The first-order valence-corrected chi connectivity index (χ1v) is 10.7. The Labute approximate surface area is 137 Å². The van der Waals surface area contributed by atoms with Crippen LogP contribution in [0, 0.1) is 0 Å². The average molecular weight is 338 g/mol. The quantitative estimate of drug-likeness (QED) is 0.622. The summed E-state index contributed by atoms with van der Waals surface area (Å²) in [5.41, 5.74) is -0.718. The van der Waals surface area contributed by atoms with Gasteiger partial charge < -0.3 is 9.16 Å². The molecule has 128 valence electrons. The molecule has 23 heavy (non-hydrogen) atoms. The van der Waals surface area contributed by atoms with Crippen molar-refractivity contribution >= 4 is 8.32 Å². The largest absolute Gasteiger partial charge is 0.414 e. The lowest BCUT2D eigenvalue weighted by Crippen LogP contribution is -2.43. The fraction of sp³-hybridized carbons (Fsp3) is 0.625. The van der Waals surface area contributed by atoms with Crippen LogP contribution in [0.5, 0.6) is 0 Å². The van der Waals surface area contributed by atoms with Gasteiger partial charge >= 0.3 is 5.69 Å². The molecule has 0 amide bonds. The predicted octanol–water partition coefficient (Wildman–Crippen LogP) is 2.02. The van der Waals surface area contributed by atoms with Gasteiger partial charge in [-0.1, -0.05) is 26.8 Å². The lowest BCUT2D eigenvalue weighted by atomic mass is 10.2. The molecule has 2 heterocycles. The van der Waals surface area contributed by atoms with Crippen LogP contribution in [-0.2, 0) is 16.2 Å².